The Kier molecular flexibility index (Phi) is 5.14. The normalized spacial score (nSPS) is 20.4. The van der Waals surface area contributed by atoms with Crippen LogP contribution < -0.4 is 14.9 Å². The number of nitrogens with one attached hydrogen (secondary N) is 1. The van der Waals surface area contributed by atoms with Crippen molar-refractivity contribution in [3.8, 4) is 11.5 Å². The molecule has 1 heterocycles. The van der Waals surface area contributed by atoms with E-state index in [9.17, 15) is 4.79 Å². The number of nitrogens with zero attached hydrogens (tertiary/aromatic N) is 1. The molecule has 5 nitrogen and oxygen atoms in total. The highest BCUT2D eigenvalue weighted by Gasteiger charge is 2.43. The molecule has 0 radical (unpaired) electrons. The van der Waals surface area contributed by atoms with Gasteiger partial charge in [-0.25, -0.2) is 5.43 Å². The second-order valence-corrected chi connectivity index (χ2v) is 8.55. The third-order valence-electron chi connectivity index (χ3n) is 5.35. The number of carbonyl (C=O) groups is 1. The fraction of sp³-hybridized carbons (Fsp3) is 0.333. The molecule has 1 aliphatic heterocycles. The van der Waals surface area contributed by atoms with Gasteiger partial charge in [-0.2, -0.15) is 5.10 Å². The molecule has 4 rings (SSSR count). The fourth-order valence-corrected chi connectivity index (χ4v) is 3.48. The first kappa shape index (κ1) is 19.2. The smallest absolute Gasteiger partial charge is 0.243 e. The number of amides is 1. The minimum atomic E-state index is -0.0253. The molecule has 1 fully saturated rings. The summed E-state index contributed by atoms with van der Waals surface area (Å²) in [5, 5.41) is 4.03. The molecule has 5 heteroatoms. The van der Waals surface area contributed by atoms with Gasteiger partial charge in [0.15, 0.2) is 11.5 Å². The van der Waals surface area contributed by atoms with Crippen LogP contribution in [-0.4, -0.2) is 18.9 Å². The van der Waals surface area contributed by atoms with Crippen molar-refractivity contribution in [1.82, 2.24) is 5.43 Å². The molecule has 2 atom stereocenters. The SMILES string of the molecule is CC(C)(C)c1ccc([C@H]2C[C@H]2C(=O)N/N=C/C=C/c2ccc3c(c2)OCO3)cc1. The van der Waals surface area contributed by atoms with Crippen LogP contribution in [0.2, 0.25) is 0 Å². The molecular weight excluding hydrogens is 364 g/mol. The van der Waals surface area contributed by atoms with Gasteiger partial charge in [-0.1, -0.05) is 57.2 Å². The van der Waals surface area contributed by atoms with Gasteiger partial charge in [0, 0.05) is 12.1 Å². The number of carbonyl (C=O) groups excluding carboxylic acids is 1. The van der Waals surface area contributed by atoms with E-state index in [1.165, 1.54) is 11.1 Å². The van der Waals surface area contributed by atoms with Gasteiger partial charge in [-0.05, 0) is 52.7 Å². The first-order valence-corrected chi connectivity index (χ1v) is 9.91. The van der Waals surface area contributed by atoms with Gasteiger partial charge in [-0.3, -0.25) is 4.79 Å². The number of rotatable bonds is 5. The molecule has 2 aliphatic rings. The molecule has 2 aromatic rings. The van der Waals surface area contributed by atoms with Crippen LogP contribution in [0.15, 0.2) is 53.6 Å². The highest BCUT2D eigenvalue weighted by Crippen LogP contribution is 2.47. The van der Waals surface area contributed by atoms with E-state index in [0.29, 0.717) is 5.92 Å². The summed E-state index contributed by atoms with van der Waals surface area (Å²) >= 11 is 0. The molecule has 29 heavy (non-hydrogen) atoms. The van der Waals surface area contributed by atoms with Crippen molar-refractivity contribution < 1.29 is 14.3 Å². The maximum Gasteiger partial charge on any atom is 0.243 e. The maximum atomic E-state index is 12.3. The van der Waals surface area contributed by atoms with Gasteiger partial charge in [-0.15, -0.1) is 0 Å². The monoisotopic (exact) mass is 390 g/mol. The van der Waals surface area contributed by atoms with Crippen LogP contribution in [-0.2, 0) is 10.2 Å². The van der Waals surface area contributed by atoms with E-state index in [4.69, 9.17) is 9.47 Å². The summed E-state index contributed by atoms with van der Waals surface area (Å²) in [7, 11) is 0. The van der Waals surface area contributed by atoms with Gasteiger partial charge >= 0.3 is 0 Å². The van der Waals surface area contributed by atoms with Crippen molar-refractivity contribution >= 4 is 18.2 Å². The van der Waals surface area contributed by atoms with Crippen LogP contribution in [0.5, 0.6) is 11.5 Å². The van der Waals surface area contributed by atoms with E-state index in [1.807, 2.05) is 24.3 Å². The Morgan fingerprint density at radius 1 is 1.10 bits per heavy atom. The van der Waals surface area contributed by atoms with Crippen molar-refractivity contribution in [3.05, 3.63) is 65.2 Å². The second-order valence-electron chi connectivity index (χ2n) is 8.55. The van der Waals surface area contributed by atoms with Crippen LogP contribution in [0.3, 0.4) is 0 Å². The van der Waals surface area contributed by atoms with E-state index in [2.05, 4.69) is 55.6 Å². The molecule has 0 aromatic heterocycles. The van der Waals surface area contributed by atoms with Gasteiger partial charge in [0.25, 0.3) is 0 Å². The molecule has 0 bridgehead atoms. The van der Waals surface area contributed by atoms with Crippen LogP contribution in [0.4, 0.5) is 0 Å². The van der Waals surface area contributed by atoms with Gasteiger partial charge in [0.2, 0.25) is 12.7 Å². The number of ether oxygens (including phenoxy) is 2. The van der Waals surface area contributed by atoms with Gasteiger partial charge in [0.1, 0.15) is 0 Å². The summed E-state index contributed by atoms with van der Waals surface area (Å²) in [6, 6.07) is 14.4. The minimum Gasteiger partial charge on any atom is -0.454 e. The zero-order valence-electron chi connectivity index (χ0n) is 17.0. The third kappa shape index (κ3) is 4.50. The maximum absolute atomic E-state index is 12.3. The van der Waals surface area contributed by atoms with Crippen LogP contribution in [0.25, 0.3) is 6.08 Å². The summed E-state index contributed by atoms with van der Waals surface area (Å²) in [6.45, 7) is 6.87. The average molecular weight is 390 g/mol. The largest absolute Gasteiger partial charge is 0.454 e. The first-order valence-electron chi connectivity index (χ1n) is 9.91. The van der Waals surface area contributed by atoms with Gasteiger partial charge < -0.3 is 9.47 Å². The molecule has 1 amide bonds. The number of hydrazone groups is 1. The predicted molar refractivity (Wildman–Crippen MR) is 114 cm³/mol. The lowest BCUT2D eigenvalue weighted by molar-refractivity contribution is -0.122. The Balaban J connectivity index is 1.26. The Morgan fingerprint density at radius 3 is 2.62 bits per heavy atom. The standard InChI is InChI=1S/C24H26N2O3/c1-24(2,3)18-9-7-17(8-10-18)19-14-20(19)23(27)26-25-12-4-5-16-6-11-21-22(13-16)29-15-28-21/h4-13,19-20H,14-15H2,1-3H3,(H,26,27)/b5-4+,25-12+/t19-,20-/m1/s1. The van der Waals surface area contributed by atoms with Crippen molar-refractivity contribution in [2.45, 2.75) is 38.5 Å². The molecule has 1 aliphatic carbocycles. The summed E-state index contributed by atoms with van der Waals surface area (Å²) in [5.74, 6) is 1.78. The van der Waals surface area contributed by atoms with Crippen LogP contribution >= 0.6 is 0 Å². The summed E-state index contributed by atoms with van der Waals surface area (Å²) in [6.07, 6.45) is 6.14. The molecule has 0 unspecified atom stereocenters. The molecule has 150 valence electrons. The topological polar surface area (TPSA) is 59.9 Å². The highest BCUT2D eigenvalue weighted by molar-refractivity contribution is 5.85. The van der Waals surface area contributed by atoms with E-state index in [-0.39, 0.29) is 24.0 Å². The summed E-state index contributed by atoms with van der Waals surface area (Å²) in [5.41, 5.74) is 6.30. The number of fused-ring (bicyclic) bond motifs is 1. The predicted octanol–water partition coefficient (Wildman–Crippen LogP) is 4.63. The van der Waals surface area contributed by atoms with E-state index in [1.54, 1.807) is 12.3 Å². The van der Waals surface area contributed by atoms with E-state index in [0.717, 1.165) is 23.5 Å². The molecule has 2 aromatic carbocycles. The Hall–Kier alpha value is -3.08. The average Bonchev–Trinajstić information content (AvgIpc) is 3.37. The minimum absolute atomic E-state index is 0.00507. The quantitative estimate of drug-likeness (QED) is 0.598. The van der Waals surface area contributed by atoms with E-state index < -0.39 is 0 Å². The second kappa shape index (κ2) is 7.74. The van der Waals surface area contributed by atoms with Crippen molar-refractivity contribution in [2.24, 2.45) is 11.0 Å². The molecule has 1 N–H and O–H groups in total. The first-order chi connectivity index (χ1) is 13.9. The number of hydrogen-bond donors (Lipinski definition) is 1. The number of hydrogen-bond acceptors (Lipinski definition) is 4. The number of benzene rings is 2. The molecular formula is C24H26N2O3. The Labute approximate surface area is 171 Å². The van der Waals surface area contributed by atoms with Crippen molar-refractivity contribution in [1.29, 1.82) is 0 Å². The molecule has 0 spiro atoms. The van der Waals surface area contributed by atoms with Crippen LogP contribution in [0.1, 0.15) is 49.8 Å². The lowest BCUT2D eigenvalue weighted by Gasteiger charge is -2.19. The van der Waals surface area contributed by atoms with Gasteiger partial charge in [0.05, 0.1) is 0 Å². The molecule has 0 saturated heterocycles. The lowest BCUT2D eigenvalue weighted by Crippen LogP contribution is -2.19. The zero-order valence-corrected chi connectivity index (χ0v) is 17.0. The summed E-state index contributed by atoms with van der Waals surface area (Å²) < 4.78 is 10.6. The molecule has 1 saturated carbocycles. The zero-order chi connectivity index (χ0) is 20.4. The summed E-state index contributed by atoms with van der Waals surface area (Å²) in [4.78, 5) is 12.3. The number of allylic oxidation sites excluding steroid dienone is 1. The fourth-order valence-electron chi connectivity index (χ4n) is 3.48. The van der Waals surface area contributed by atoms with E-state index >= 15 is 0 Å². The highest BCUT2D eigenvalue weighted by atomic mass is 16.7. The van der Waals surface area contributed by atoms with Crippen molar-refractivity contribution in [2.75, 3.05) is 6.79 Å². The Bertz CT molecular complexity index is 955. The van der Waals surface area contributed by atoms with Crippen LogP contribution in [0, 0.1) is 5.92 Å². The van der Waals surface area contributed by atoms with Crippen molar-refractivity contribution in [3.63, 3.8) is 0 Å². The lowest BCUT2D eigenvalue weighted by atomic mass is 9.86. The Morgan fingerprint density at radius 2 is 1.86 bits per heavy atom. The third-order valence-corrected chi connectivity index (χ3v) is 5.35.